The summed E-state index contributed by atoms with van der Waals surface area (Å²) in [5.41, 5.74) is 2.31. The van der Waals surface area contributed by atoms with E-state index in [1.54, 1.807) is 25.1 Å². The van der Waals surface area contributed by atoms with Crippen molar-refractivity contribution in [2.75, 3.05) is 10.2 Å². The molecule has 3 amide bonds. The fraction of sp³-hybridized carbons (Fsp3) is 0.421. The van der Waals surface area contributed by atoms with Crippen LogP contribution in [0.1, 0.15) is 40.0 Å². The second-order valence-electron chi connectivity index (χ2n) is 7.00. The van der Waals surface area contributed by atoms with Gasteiger partial charge in [0.2, 0.25) is 11.8 Å². The molecule has 1 unspecified atom stereocenters. The minimum Gasteiger partial charge on any atom is -0.373 e. The number of imide groups is 1. The fourth-order valence-electron chi connectivity index (χ4n) is 2.82. The first kappa shape index (κ1) is 18.5. The van der Waals surface area contributed by atoms with E-state index < -0.39 is 6.04 Å². The van der Waals surface area contributed by atoms with Crippen LogP contribution < -0.4 is 15.5 Å². The molecule has 0 radical (unpaired) electrons. The van der Waals surface area contributed by atoms with E-state index in [0.717, 1.165) is 18.4 Å². The second-order valence-corrected chi connectivity index (χ2v) is 7.41. The molecule has 26 heavy (non-hydrogen) atoms. The van der Waals surface area contributed by atoms with Crippen molar-refractivity contribution in [1.82, 2.24) is 5.32 Å². The van der Waals surface area contributed by atoms with Gasteiger partial charge in [-0.1, -0.05) is 17.2 Å². The molecule has 1 atom stereocenters. The zero-order valence-electron chi connectivity index (χ0n) is 15.1. The molecule has 7 heteroatoms. The first-order valence-electron chi connectivity index (χ1n) is 8.68. The van der Waals surface area contributed by atoms with E-state index in [0.29, 0.717) is 22.0 Å². The van der Waals surface area contributed by atoms with Crippen molar-refractivity contribution in [3.05, 3.63) is 34.4 Å². The molecular formula is C19H22ClN3O3. The molecule has 2 aliphatic rings. The third-order valence-electron chi connectivity index (χ3n) is 4.54. The van der Waals surface area contributed by atoms with E-state index >= 15 is 0 Å². The Bertz CT molecular complexity index is 810. The molecule has 2 N–H and O–H groups in total. The zero-order chi connectivity index (χ0) is 19.0. The van der Waals surface area contributed by atoms with Gasteiger partial charge >= 0.3 is 0 Å². The first-order chi connectivity index (χ1) is 12.3. The number of nitrogens with zero attached hydrogens (tertiary/aromatic N) is 1. The van der Waals surface area contributed by atoms with Gasteiger partial charge in [0.1, 0.15) is 6.04 Å². The monoisotopic (exact) mass is 375 g/mol. The molecule has 0 aromatic heterocycles. The number of carbonyl (C=O) groups is 3. The summed E-state index contributed by atoms with van der Waals surface area (Å²) in [4.78, 5) is 38.1. The predicted molar refractivity (Wildman–Crippen MR) is 101 cm³/mol. The number of nitrogens with one attached hydrogen (secondary N) is 2. The minimum absolute atomic E-state index is 0.103. The normalized spacial score (nSPS) is 18.2. The molecule has 0 spiro atoms. The summed E-state index contributed by atoms with van der Waals surface area (Å²) in [6.07, 6.45) is 2.13. The van der Waals surface area contributed by atoms with Crippen LogP contribution in [-0.2, 0) is 14.4 Å². The molecule has 138 valence electrons. The van der Waals surface area contributed by atoms with Crippen LogP contribution in [-0.4, -0.2) is 29.8 Å². The van der Waals surface area contributed by atoms with Crippen LogP contribution in [0.15, 0.2) is 29.3 Å². The van der Waals surface area contributed by atoms with Gasteiger partial charge in [0.15, 0.2) is 0 Å². The van der Waals surface area contributed by atoms with E-state index in [4.69, 9.17) is 11.6 Å². The van der Waals surface area contributed by atoms with Crippen LogP contribution >= 0.6 is 11.6 Å². The van der Waals surface area contributed by atoms with Crippen LogP contribution in [0.3, 0.4) is 0 Å². The highest BCUT2D eigenvalue weighted by molar-refractivity contribution is 6.34. The summed E-state index contributed by atoms with van der Waals surface area (Å²) < 4.78 is 0. The van der Waals surface area contributed by atoms with Gasteiger partial charge < -0.3 is 10.6 Å². The van der Waals surface area contributed by atoms with Gasteiger partial charge in [-0.25, -0.2) is 4.90 Å². The highest BCUT2D eigenvalue weighted by atomic mass is 35.5. The largest absolute Gasteiger partial charge is 0.373 e. The standard InChI is InChI=1S/C19H22ClN3O3/c1-10(2)14-9-17(24)23(19(14)26)13-6-7-15(20)16(8-13)21-11(3)18(25)22-12-4-5-12/h6-8,11-12,21H,4-5,9H2,1-3H3,(H,22,25). The summed E-state index contributed by atoms with van der Waals surface area (Å²) in [6, 6.07) is 4.67. The van der Waals surface area contributed by atoms with E-state index in [-0.39, 0.29) is 30.2 Å². The Balaban J connectivity index is 1.81. The number of carbonyl (C=O) groups excluding carboxylic acids is 3. The lowest BCUT2D eigenvalue weighted by molar-refractivity contribution is -0.122. The summed E-state index contributed by atoms with van der Waals surface area (Å²) >= 11 is 6.23. The highest BCUT2D eigenvalue weighted by Crippen LogP contribution is 2.33. The molecule has 1 saturated carbocycles. The van der Waals surface area contributed by atoms with Crippen molar-refractivity contribution < 1.29 is 14.4 Å². The maximum Gasteiger partial charge on any atom is 0.261 e. The lowest BCUT2D eigenvalue weighted by Crippen LogP contribution is -2.38. The van der Waals surface area contributed by atoms with Gasteiger partial charge in [-0.05, 0) is 51.8 Å². The molecule has 1 aromatic carbocycles. The zero-order valence-corrected chi connectivity index (χ0v) is 15.8. The molecule has 1 aliphatic heterocycles. The van der Waals surface area contributed by atoms with Crippen molar-refractivity contribution >= 4 is 40.7 Å². The third-order valence-corrected chi connectivity index (χ3v) is 4.87. The van der Waals surface area contributed by atoms with Crippen molar-refractivity contribution in [3.63, 3.8) is 0 Å². The van der Waals surface area contributed by atoms with Gasteiger partial charge in [0.25, 0.3) is 5.91 Å². The number of rotatable bonds is 5. The van der Waals surface area contributed by atoms with Crippen molar-refractivity contribution in [3.8, 4) is 0 Å². The van der Waals surface area contributed by atoms with Crippen LogP contribution in [0.5, 0.6) is 0 Å². The number of amides is 3. The minimum atomic E-state index is -0.485. The smallest absolute Gasteiger partial charge is 0.261 e. The maximum absolute atomic E-state index is 12.5. The molecule has 6 nitrogen and oxygen atoms in total. The fourth-order valence-corrected chi connectivity index (χ4v) is 2.99. The molecule has 0 bridgehead atoms. The van der Waals surface area contributed by atoms with Crippen LogP contribution in [0, 0.1) is 0 Å². The third kappa shape index (κ3) is 3.75. The van der Waals surface area contributed by atoms with E-state index in [1.807, 2.05) is 13.8 Å². The summed E-state index contributed by atoms with van der Waals surface area (Å²) in [5, 5.41) is 6.41. The van der Waals surface area contributed by atoms with Gasteiger partial charge in [-0.2, -0.15) is 0 Å². The Hall–Kier alpha value is -2.34. The molecule has 1 heterocycles. The number of benzene rings is 1. The number of halogens is 1. The molecule has 1 saturated heterocycles. The van der Waals surface area contributed by atoms with E-state index in [1.165, 1.54) is 4.90 Å². The Morgan fingerprint density at radius 3 is 2.54 bits per heavy atom. The lowest BCUT2D eigenvalue weighted by atomic mass is 10.1. The van der Waals surface area contributed by atoms with E-state index in [9.17, 15) is 14.4 Å². The number of allylic oxidation sites excluding steroid dienone is 1. The first-order valence-corrected chi connectivity index (χ1v) is 9.06. The Kier molecular flexibility index (Phi) is 5.05. The Morgan fingerprint density at radius 2 is 1.96 bits per heavy atom. The van der Waals surface area contributed by atoms with Crippen LogP contribution in [0.2, 0.25) is 5.02 Å². The van der Waals surface area contributed by atoms with Crippen LogP contribution in [0.25, 0.3) is 0 Å². The van der Waals surface area contributed by atoms with E-state index in [2.05, 4.69) is 10.6 Å². The van der Waals surface area contributed by atoms with Gasteiger partial charge in [0, 0.05) is 11.6 Å². The van der Waals surface area contributed by atoms with Crippen molar-refractivity contribution in [2.45, 2.75) is 52.1 Å². The number of hydrogen-bond donors (Lipinski definition) is 2. The average molecular weight is 376 g/mol. The quantitative estimate of drug-likeness (QED) is 0.612. The van der Waals surface area contributed by atoms with Crippen molar-refractivity contribution in [1.29, 1.82) is 0 Å². The predicted octanol–water partition coefficient (Wildman–Crippen LogP) is 3.02. The number of hydrogen-bond acceptors (Lipinski definition) is 4. The molecule has 1 aromatic rings. The summed E-state index contributed by atoms with van der Waals surface area (Å²) in [5.74, 6) is -0.670. The van der Waals surface area contributed by atoms with Gasteiger partial charge in [0.05, 0.1) is 22.8 Å². The SMILES string of the molecule is CC(C)=C1CC(=O)N(c2ccc(Cl)c(NC(C)C(=O)NC3CC3)c2)C1=O. The summed E-state index contributed by atoms with van der Waals surface area (Å²) in [7, 11) is 0. The Morgan fingerprint density at radius 1 is 1.27 bits per heavy atom. The average Bonchev–Trinajstić information content (AvgIpc) is 3.33. The molecular weight excluding hydrogens is 354 g/mol. The lowest BCUT2D eigenvalue weighted by Gasteiger charge is -2.19. The summed E-state index contributed by atoms with van der Waals surface area (Å²) in [6.45, 7) is 5.38. The topological polar surface area (TPSA) is 78.5 Å². The van der Waals surface area contributed by atoms with Crippen molar-refractivity contribution in [2.24, 2.45) is 0 Å². The molecule has 1 aliphatic carbocycles. The Labute approximate surface area is 157 Å². The van der Waals surface area contributed by atoms with Gasteiger partial charge in [-0.3, -0.25) is 14.4 Å². The molecule has 2 fully saturated rings. The molecule has 3 rings (SSSR count). The highest BCUT2D eigenvalue weighted by Gasteiger charge is 2.36. The van der Waals surface area contributed by atoms with Gasteiger partial charge in [-0.15, -0.1) is 0 Å². The number of anilines is 2. The van der Waals surface area contributed by atoms with Crippen LogP contribution in [0.4, 0.5) is 11.4 Å². The second kappa shape index (κ2) is 7.11. The maximum atomic E-state index is 12.5.